The van der Waals surface area contributed by atoms with Crippen LogP contribution >= 0.6 is 11.6 Å². The molecule has 28 heavy (non-hydrogen) atoms. The van der Waals surface area contributed by atoms with Gasteiger partial charge in [-0.05, 0) is 42.0 Å². The number of nitrogens with one attached hydrogen (secondary N) is 2. The molecule has 0 bridgehead atoms. The summed E-state index contributed by atoms with van der Waals surface area (Å²) < 4.78 is 10.5. The topological polar surface area (TPSA) is 72.5 Å². The van der Waals surface area contributed by atoms with Gasteiger partial charge < -0.3 is 20.1 Å². The maximum absolute atomic E-state index is 12.5. The number of nitrogens with zero attached hydrogens (tertiary/aromatic N) is 1. The number of carbonyl (C=O) groups is 1. The molecule has 0 fully saturated rings. The molecule has 0 radical (unpaired) electrons. The van der Waals surface area contributed by atoms with Gasteiger partial charge in [-0.3, -0.25) is 4.79 Å². The number of carbonyl (C=O) groups excluding carboxylic acids is 1. The fraction of sp³-hybridized carbons (Fsp3) is 0.143. The summed E-state index contributed by atoms with van der Waals surface area (Å²) in [5.41, 5.74) is 2.11. The summed E-state index contributed by atoms with van der Waals surface area (Å²) in [6.07, 6.45) is 1.57. The van der Waals surface area contributed by atoms with Crippen LogP contribution < -0.4 is 20.1 Å². The zero-order valence-corrected chi connectivity index (χ0v) is 16.3. The van der Waals surface area contributed by atoms with Gasteiger partial charge in [0.1, 0.15) is 5.82 Å². The fourth-order valence-corrected chi connectivity index (χ4v) is 2.80. The molecule has 1 amide bonds. The van der Waals surface area contributed by atoms with Crippen molar-refractivity contribution in [3.8, 4) is 11.5 Å². The Bertz CT molecular complexity index is 979. The smallest absolute Gasteiger partial charge is 0.251 e. The molecule has 3 rings (SSSR count). The quantitative estimate of drug-likeness (QED) is 0.617. The van der Waals surface area contributed by atoms with Crippen LogP contribution in [0, 0.1) is 0 Å². The second kappa shape index (κ2) is 9.10. The highest BCUT2D eigenvalue weighted by molar-refractivity contribution is 6.33. The Morgan fingerprint density at radius 1 is 1.04 bits per heavy atom. The Labute approximate surface area is 168 Å². The predicted molar refractivity (Wildman–Crippen MR) is 110 cm³/mol. The highest BCUT2D eigenvalue weighted by Gasteiger charge is 2.09. The lowest BCUT2D eigenvalue weighted by atomic mass is 10.2. The number of aromatic nitrogens is 1. The van der Waals surface area contributed by atoms with Gasteiger partial charge in [-0.2, -0.15) is 0 Å². The van der Waals surface area contributed by atoms with Crippen molar-refractivity contribution in [2.24, 2.45) is 0 Å². The van der Waals surface area contributed by atoms with Crippen molar-refractivity contribution < 1.29 is 14.3 Å². The molecule has 2 N–H and O–H groups in total. The maximum Gasteiger partial charge on any atom is 0.251 e. The number of pyridine rings is 1. The average Bonchev–Trinajstić information content (AvgIpc) is 2.73. The molecule has 0 aliphatic carbocycles. The molecule has 0 saturated heterocycles. The zero-order valence-electron chi connectivity index (χ0n) is 15.5. The zero-order chi connectivity index (χ0) is 19.9. The van der Waals surface area contributed by atoms with E-state index in [0.717, 1.165) is 11.3 Å². The van der Waals surface area contributed by atoms with Crippen LogP contribution in [0.4, 0.5) is 11.5 Å². The van der Waals surface area contributed by atoms with Crippen molar-refractivity contribution >= 4 is 29.0 Å². The summed E-state index contributed by atoms with van der Waals surface area (Å²) in [5.74, 6) is 1.58. The second-order valence-electron chi connectivity index (χ2n) is 5.91. The highest BCUT2D eigenvalue weighted by atomic mass is 35.5. The molecular formula is C21H20ClN3O3. The first-order valence-corrected chi connectivity index (χ1v) is 8.95. The molecular weight excluding hydrogens is 378 g/mol. The number of ether oxygens (including phenoxy) is 2. The number of hydrogen-bond donors (Lipinski definition) is 2. The van der Waals surface area contributed by atoms with E-state index < -0.39 is 0 Å². The van der Waals surface area contributed by atoms with Crippen LogP contribution in [0.2, 0.25) is 5.02 Å². The lowest BCUT2D eigenvalue weighted by Crippen LogP contribution is -2.23. The standard InChI is InChI=1S/C21H20ClN3O3/c1-27-18-8-7-14(11-19(18)28-2)13-24-21(26)15-9-10-23-20(12-15)25-17-6-4-3-5-16(17)22/h3-12H,13H2,1-2H3,(H,23,25)(H,24,26). The van der Waals surface area contributed by atoms with Crippen LogP contribution in [-0.2, 0) is 6.54 Å². The van der Waals surface area contributed by atoms with E-state index in [1.54, 1.807) is 44.7 Å². The molecule has 3 aromatic rings. The van der Waals surface area contributed by atoms with E-state index >= 15 is 0 Å². The second-order valence-corrected chi connectivity index (χ2v) is 6.31. The first-order chi connectivity index (χ1) is 13.6. The van der Waals surface area contributed by atoms with Gasteiger partial charge in [0.25, 0.3) is 5.91 Å². The van der Waals surface area contributed by atoms with Gasteiger partial charge in [0.2, 0.25) is 0 Å². The monoisotopic (exact) mass is 397 g/mol. The molecule has 144 valence electrons. The number of amides is 1. The van der Waals surface area contributed by atoms with Crippen LogP contribution in [0.25, 0.3) is 0 Å². The minimum Gasteiger partial charge on any atom is -0.493 e. The minimum absolute atomic E-state index is 0.209. The van der Waals surface area contributed by atoms with Crippen molar-refractivity contribution in [3.63, 3.8) is 0 Å². The van der Waals surface area contributed by atoms with E-state index in [1.807, 2.05) is 30.3 Å². The van der Waals surface area contributed by atoms with Gasteiger partial charge in [-0.25, -0.2) is 4.98 Å². The minimum atomic E-state index is -0.209. The van der Waals surface area contributed by atoms with Gasteiger partial charge in [0, 0.05) is 18.3 Å². The summed E-state index contributed by atoms with van der Waals surface area (Å²) in [6, 6.07) is 16.2. The van der Waals surface area contributed by atoms with Gasteiger partial charge in [0.15, 0.2) is 11.5 Å². The van der Waals surface area contributed by atoms with Gasteiger partial charge in [-0.1, -0.05) is 29.8 Å². The first-order valence-electron chi connectivity index (χ1n) is 8.57. The molecule has 0 saturated carbocycles. The van der Waals surface area contributed by atoms with Gasteiger partial charge in [0.05, 0.1) is 24.9 Å². The number of anilines is 2. The Hall–Kier alpha value is -3.25. The van der Waals surface area contributed by atoms with Crippen LogP contribution in [-0.4, -0.2) is 25.1 Å². The summed E-state index contributed by atoms with van der Waals surface area (Å²) in [6.45, 7) is 0.356. The molecule has 6 nitrogen and oxygen atoms in total. The molecule has 0 atom stereocenters. The highest BCUT2D eigenvalue weighted by Crippen LogP contribution is 2.27. The van der Waals surface area contributed by atoms with E-state index in [-0.39, 0.29) is 5.91 Å². The lowest BCUT2D eigenvalue weighted by molar-refractivity contribution is 0.0951. The van der Waals surface area contributed by atoms with Crippen LogP contribution in [0.5, 0.6) is 11.5 Å². The van der Waals surface area contributed by atoms with Crippen molar-refractivity contribution in [1.29, 1.82) is 0 Å². The SMILES string of the molecule is COc1ccc(CNC(=O)c2ccnc(Nc3ccccc3Cl)c2)cc1OC. The lowest BCUT2D eigenvalue weighted by Gasteiger charge is -2.11. The largest absolute Gasteiger partial charge is 0.493 e. The number of methoxy groups -OCH3 is 2. The van der Waals surface area contributed by atoms with Crippen LogP contribution in [0.15, 0.2) is 60.8 Å². The molecule has 0 aliphatic rings. The summed E-state index contributed by atoms with van der Waals surface area (Å²) in [5, 5.41) is 6.58. The van der Waals surface area contributed by atoms with E-state index in [4.69, 9.17) is 21.1 Å². The van der Waals surface area contributed by atoms with Crippen LogP contribution in [0.3, 0.4) is 0 Å². The number of benzene rings is 2. The molecule has 0 spiro atoms. The average molecular weight is 398 g/mol. The Kier molecular flexibility index (Phi) is 6.34. The van der Waals surface area contributed by atoms with E-state index in [2.05, 4.69) is 15.6 Å². The van der Waals surface area contributed by atoms with Crippen molar-refractivity contribution in [2.75, 3.05) is 19.5 Å². The van der Waals surface area contributed by atoms with Crippen molar-refractivity contribution in [1.82, 2.24) is 10.3 Å². The molecule has 0 aliphatic heterocycles. The maximum atomic E-state index is 12.5. The third-order valence-corrected chi connectivity index (χ3v) is 4.39. The normalized spacial score (nSPS) is 10.2. The number of halogens is 1. The molecule has 7 heteroatoms. The Morgan fingerprint density at radius 2 is 1.82 bits per heavy atom. The van der Waals surface area contributed by atoms with Crippen molar-refractivity contribution in [2.45, 2.75) is 6.54 Å². The fourth-order valence-electron chi connectivity index (χ4n) is 2.62. The third-order valence-electron chi connectivity index (χ3n) is 4.06. The van der Waals surface area contributed by atoms with E-state index in [1.165, 1.54) is 0 Å². The molecule has 2 aromatic carbocycles. The Balaban J connectivity index is 1.67. The Morgan fingerprint density at radius 3 is 2.57 bits per heavy atom. The summed E-state index contributed by atoms with van der Waals surface area (Å²) in [4.78, 5) is 16.8. The number of hydrogen-bond acceptors (Lipinski definition) is 5. The molecule has 0 unspecified atom stereocenters. The first kappa shape index (κ1) is 19.5. The third kappa shape index (κ3) is 4.72. The van der Waals surface area contributed by atoms with E-state index in [9.17, 15) is 4.79 Å². The van der Waals surface area contributed by atoms with Gasteiger partial charge >= 0.3 is 0 Å². The van der Waals surface area contributed by atoms with Crippen molar-refractivity contribution in [3.05, 3.63) is 76.9 Å². The summed E-state index contributed by atoms with van der Waals surface area (Å²) in [7, 11) is 3.15. The number of para-hydroxylation sites is 1. The molecule has 1 aromatic heterocycles. The number of rotatable bonds is 7. The molecule has 1 heterocycles. The van der Waals surface area contributed by atoms with Gasteiger partial charge in [-0.15, -0.1) is 0 Å². The predicted octanol–water partition coefficient (Wildman–Crippen LogP) is 4.43. The summed E-state index contributed by atoms with van der Waals surface area (Å²) >= 11 is 6.15. The van der Waals surface area contributed by atoms with E-state index in [0.29, 0.717) is 34.4 Å². The van der Waals surface area contributed by atoms with Crippen LogP contribution in [0.1, 0.15) is 15.9 Å².